The zero-order valence-electron chi connectivity index (χ0n) is 19.9. The van der Waals surface area contributed by atoms with Crippen LogP contribution in [0.2, 0.25) is 0 Å². The molecule has 2 heterocycles. The lowest BCUT2D eigenvalue weighted by atomic mass is 10.2. The number of piperazine rings is 1. The van der Waals surface area contributed by atoms with Crippen molar-refractivity contribution in [3.8, 4) is 0 Å². The Morgan fingerprint density at radius 2 is 1.72 bits per heavy atom. The summed E-state index contributed by atoms with van der Waals surface area (Å²) < 4.78 is 2.07. The van der Waals surface area contributed by atoms with E-state index in [1.807, 2.05) is 6.92 Å². The van der Waals surface area contributed by atoms with E-state index in [-0.39, 0.29) is 24.0 Å². The van der Waals surface area contributed by atoms with Crippen LogP contribution in [0.3, 0.4) is 0 Å². The van der Waals surface area contributed by atoms with E-state index < -0.39 is 0 Å². The topological polar surface area (TPSA) is 60.7 Å². The number of nitrogens with zero attached hydrogens (tertiary/aromatic N) is 5. The average Bonchev–Trinajstić information content (AvgIpc) is 3.10. The maximum atomic E-state index is 4.73. The van der Waals surface area contributed by atoms with Gasteiger partial charge < -0.3 is 10.6 Å². The molecule has 7 nitrogen and oxygen atoms in total. The lowest BCUT2D eigenvalue weighted by Gasteiger charge is -2.34. The van der Waals surface area contributed by atoms with Crippen molar-refractivity contribution < 1.29 is 0 Å². The molecule has 0 amide bonds. The van der Waals surface area contributed by atoms with Crippen molar-refractivity contribution in [2.75, 3.05) is 52.4 Å². The van der Waals surface area contributed by atoms with Gasteiger partial charge in [-0.1, -0.05) is 30.3 Å². The number of rotatable bonds is 10. The van der Waals surface area contributed by atoms with Crippen LogP contribution in [0.4, 0.5) is 0 Å². The summed E-state index contributed by atoms with van der Waals surface area (Å²) in [6, 6.07) is 12.9. The summed E-state index contributed by atoms with van der Waals surface area (Å²) >= 11 is 0. The van der Waals surface area contributed by atoms with Gasteiger partial charge in [0.1, 0.15) is 0 Å². The molecule has 1 aliphatic rings. The first kappa shape index (κ1) is 26.6. The van der Waals surface area contributed by atoms with E-state index in [1.54, 1.807) is 0 Å². The molecule has 32 heavy (non-hydrogen) atoms. The predicted octanol–water partition coefficient (Wildman–Crippen LogP) is 2.88. The number of halogens is 1. The van der Waals surface area contributed by atoms with Gasteiger partial charge in [-0.15, -0.1) is 24.0 Å². The highest BCUT2D eigenvalue weighted by molar-refractivity contribution is 14.0. The van der Waals surface area contributed by atoms with Gasteiger partial charge in [0, 0.05) is 71.1 Å². The number of hydrogen-bond acceptors (Lipinski definition) is 4. The van der Waals surface area contributed by atoms with Gasteiger partial charge in [-0.05, 0) is 38.8 Å². The maximum absolute atomic E-state index is 4.73. The smallest absolute Gasteiger partial charge is 0.191 e. The van der Waals surface area contributed by atoms with Crippen molar-refractivity contribution in [2.24, 2.45) is 4.99 Å². The summed E-state index contributed by atoms with van der Waals surface area (Å²) in [6.45, 7) is 16.4. The molecule has 0 unspecified atom stereocenters. The quantitative estimate of drug-likeness (QED) is 0.205. The molecule has 0 spiro atoms. The number of nitrogens with one attached hydrogen (secondary N) is 2. The highest BCUT2D eigenvalue weighted by Gasteiger charge is 2.16. The van der Waals surface area contributed by atoms with E-state index in [9.17, 15) is 0 Å². The van der Waals surface area contributed by atoms with Crippen LogP contribution in [-0.4, -0.2) is 77.9 Å². The summed E-state index contributed by atoms with van der Waals surface area (Å²) in [4.78, 5) is 9.82. The Kier molecular flexibility index (Phi) is 12.0. The molecule has 8 heteroatoms. The molecule has 2 N–H and O–H groups in total. The minimum atomic E-state index is 0. The lowest BCUT2D eigenvalue weighted by molar-refractivity contribution is 0.129. The van der Waals surface area contributed by atoms with Gasteiger partial charge in [-0.25, -0.2) is 0 Å². The minimum Gasteiger partial charge on any atom is -0.357 e. The first-order valence-electron chi connectivity index (χ1n) is 11.7. The van der Waals surface area contributed by atoms with Crippen LogP contribution in [0.5, 0.6) is 0 Å². The molecule has 1 saturated heterocycles. The Morgan fingerprint density at radius 1 is 1.00 bits per heavy atom. The van der Waals surface area contributed by atoms with Crippen molar-refractivity contribution in [1.29, 1.82) is 0 Å². The van der Waals surface area contributed by atoms with Gasteiger partial charge >= 0.3 is 0 Å². The molecule has 1 aromatic carbocycles. The second-order valence-corrected chi connectivity index (χ2v) is 8.29. The van der Waals surface area contributed by atoms with Crippen LogP contribution in [-0.2, 0) is 13.1 Å². The molecular weight excluding hydrogens is 513 g/mol. The van der Waals surface area contributed by atoms with E-state index in [1.165, 1.54) is 11.3 Å². The summed E-state index contributed by atoms with van der Waals surface area (Å²) in [5.41, 5.74) is 3.70. The van der Waals surface area contributed by atoms with Gasteiger partial charge in [0.25, 0.3) is 0 Å². The Hall–Kier alpha value is -1.65. The average molecular weight is 554 g/mol. The zero-order chi connectivity index (χ0) is 21.9. The first-order chi connectivity index (χ1) is 15.1. The Bertz CT molecular complexity index is 798. The van der Waals surface area contributed by atoms with Gasteiger partial charge in [0.15, 0.2) is 5.96 Å². The fourth-order valence-corrected chi connectivity index (χ4v) is 4.00. The Morgan fingerprint density at radius 3 is 2.38 bits per heavy atom. The normalized spacial score (nSPS) is 15.4. The number of benzene rings is 1. The second-order valence-electron chi connectivity index (χ2n) is 8.29. The van der Waals surface area contributed by atoms with Crippen LogP contribution in [0.25, 0.3) is 0 Å². The Balaban J connectivity index is 0.00000363. The number of aromatic nitrogens is 2. The van der Waals surface area contributed by atoms with Crippen LogP contribution in [0.15, 0.2) is 41.4 Å². The number of guanidine groups is 1. The maximum Gasteiger partial charge on any atom is 0.191 e. The molecule has 1 aliphatic heterocycles. The molecule has 1 fully saturated rings. The zero-order valence-corrected chi connectivity index (χ0v) is 22.2. The number of hydrogen-bond donors (Lipinski definition) is 2. The van der Waals surface area contributed by atoms with E-state index in [0.29, 0.717) is 0 Å². The summed E-state index contributed by atoms with van der Waals surface area (Å²) in [5, 5.41) is 11.4. The van der Waals surface area contributed by atoms with Crippen molar-refractivity contribution in [3.63, 3.8) is 0 Å². The van der Waals surface area contributed by atoms with Crippen molar-refractivity contribution >= 4 is 29.9 Å². The molecular formula is C24H40IN7. The lowest BCUT2D eigenvalue weighted by Crippen LogP contribution is -2.49. The fraction of sp³-hybridized carbons (Fsp3) is 0.583. The third kappa shape index (κ3) is 9.07. The first-order valence-corrected chi connectivity index (χ1v) is 11.7. The van der Waals surface area contributed by atoms with Crippen molar-refractivity contribution in [3.05, 3.63) is 53.3 Å². The monoisotopic (exact) mass is 553 g/mol. The van der Waals surface area contributed by atoms with E-state index in [0.717, 1.165) is 83.5 Å². The van der Waals surface area contributed by atoms with Crippen LogP contribution in [0, 0.1) is 13.8 Å². The van der Waals surface area contributed by atoms with E-state index in [4.69, 9.17) is 4.99 Å². The molecule has 0 aliphatic carbocycles. The molecule has 0 radical (unpaired) electrons. The molecule has 1 aromatic heterocycles. The van der Waals surface area contributed by atoms with Crippen molar-refractivity contribution in [1.82, 2.24) is 30.2 Å². The Labute approximate surface area is 210 Å². The standard InChI is InChI=1S/C24H39N7.HI/c1-4-25-24(26-11-8-13-31-22(3)19-21(2)28-31)27-12-14-29-15-17-30(18-16-29)20-23-9-6-5-7-10-23;/h5-7,9-10,19H,4,8,11-18,20H2,1-3H3,(H2,25,26,27);1H. The molecule has 0 atom stereocenters. The third-order valence-corrected chi connectivity index (χ3v) is 5.68. The molecule has 0 bridgehead atoms. The third-order valence-electron chi connectivity index (χ3n) is 5.68. The summed E-state index contributed by atoms with van der Waals surface area (Å²) in [7, 11) is 0. The van der Waals surface area contributed by atoms with Gasteiger partial charge in [0.05, 0.1) is 5.69 Å². The van der Waals surface area contributed by atoms with Gasteiger partial charge in [-0.3, -0.25) is 19.5 Å². The highest BCUT2D eigenvalue weighted by atomic mass is 127. The molecule has 0 saturated carbocycles. The minimum absolute atomic E-state index is 0. The van der Waals surface area contributed by atoms with E-state index in [2.05, 4.69) is 80.5 Å². The molecule has 3 rings (SSSR count). The number of aliphatic imine (C=N–C) groups is 1. The molecule has 178 valence electrons. The largest absolute Gasteiger partial charge is 0.357 e. The van der Waals surface area contributed by atoms with E-state index >= 15 is 0 Å². The number of aryl methyl sites for hydroxylation is 3. The van der Waals surface area contributed by atoms with Gasteiger partial charge in [0.2, 0.25) is 0 Å². The van der Waals surface area contributed by atoms with Crippen LogP contribution < -0.4 is 10.6 Å². The van der Waals surface area contributed by atoms with Crippen LogP contribution >= 0.6 is 24.0 Å². The molecule has 2 aromatic rings. The predicted molar refractivity (Wildman–Crippen MR) is 144 cm³/mol. The van der Waals surface area contributed by atoms with Crippen molar-refractivity contribution in [2.45, 2.75) is 40.3 Å². The fourth-order valence-electron chi connectivity index (χ4n) is 4.00. The summed E-state index contributed by atoms with van der Waals surface area (Å²) in [5.74, 6) is 0.915. The second kappa shape index (κ2) is 14.5. The summed E-state index contributed by atoms with van der Waals surface area (Å²) in [6.07, 6.45) is 0.988. The highest BCUT2D eigenvalue weighted by Crippen LogP contribution is 2.08. The SMILES string of the molecule is CCNC(=NCCCn1nc(C)cc1C)NCCN1CCN(Cc2ccccc2)CC1.I. The van der Waals surface area contributed by atoms with Gasteiger partial charge in [-0.2, -0.15) is 5.10 Å². The van der Waals surface area contributed by atoms with Crippen LogP contribution in [0.1, 0.15) is 30.3 Å².